The van der Waals surface area contributed by atoms with Crippen LogP contribution in [-0.2, 0) is 0 Å². The van der Waals surface area contributed by atoms with Crippen LogP contribution in [0.1, 0.15) is 17.5 Å². The van der Waals surface area contributed by atoms with Crippen LogP contribution < -0.4 is 9.64 Å². The number of amidine groups is 1. The van der Waals surface area contributed by atoms with E-state index in [4.69, 9.17) is 15.6 Å². The summed E-state index contributed by atoms with van der Waals surface area (Å²) in [6, 6.07) is 15.9. The first-order chi connectivity index (χ1) is 13.6. The number of para-hydroxylation sites is 2. The predicted octanol–water partition coefficient (Wildman–Crippen LogP) is 3.98. The van der Waals surface area contributed by atoms with Gasteiger partial charge in [0.15, 0.2) is 0 Å². The van der Waals surface area contributed by atoms with Crippen molar-refractivity contribution in [1.82, 2.24) is 0 Å². The summed E-state index contributed by atoms with van der Waals surface area (Å²) in [6.45, 7) is 3.93. The summed E-state index contributed by atoms with van der Waals surface area (Å²) in [5.41, 5.74) is 3.31. The quantitative estimate of drug-likeness (QED) is 0.542. The van der Waals surface area contributed by atoms with E-state index in [9.17, 15) is 0 Å². The Bertz CT molecular complexity index is 988. The van der Waals surface area contributed by atoms with Crippen LogP contribution in [0, 0.1) is 22.7 Å². The van der Waals surface area contributed by atoms with Crippen molar-refractivity contribution in [3.05, 3.63) is 59.7 Å². The molecule has 1 fully saturated rings. The van der Waals surface area contributed by atoms with Crippen LogP contribution in [0.4, 0.5) is 5.69 Å². The lowest BCUT2D eigenvalue weighted by Crippen LogP contribution is -2.63. The molecule has 2 aromatic carbocycles. The molecule has 5 nitrogen and oxygen atoms in total. The first-order valence-corrected chi connectivity index (χ1v) is 9.61. The summed E-state index contributed by atoms with van der Waals surface area (Å²) in [4.78, 5) is 2.34. The molecule has 1 spiro atoms. The second-order valence-electron chi connectivity index (χ2n) is 7.31. The molecule has 0 unspecified atom stereocenters. The highest BCUT2D eigenvalue weighted by Gasteiger charge is 2.39. The molecule has 1 saturated heterocycles. The number of quaternary nitrogens is 1. The second kappa shape index (κ2) is 9.99. The molecule has 2 heterocycles. The Morgan fingerprint density at radius 2 is 1.53 bits per heavy atom. The van der Waals surface area contributed by atoms with E-state index < -0.39 is 0 Å². The van der Waals surface area contributed by atoms with Gasteiger partial charge in [0, 0.05) is 5.56 Å². The number of anilines is 1. The Morgan fingerprint density at radius 3 is 2.23 bits per heavy atom. The average molecular weight is 446 g/mol. The molecular weight excluding hydrogens is 419 g/mol. The lowest BCUT2D eigenvalue weighted by atomic mass is 9.99. The van der Waals surface area contributed by atoms with E-state index in [2.05, 4.69) is 22.8 Å². The zero-order chi connectivity index (χ0) is 19.6. The first-order valence-electron chi connectivity index (χ1n) is 9.61. The third-order valence-corrected chi connectivity index (χ3v) is 5.78. The van der Waals surface area contributed by atoms with Gasteiger partial charge in [0.25, 0.3) is 0 Å². The van der Waals surface area contributed by atoms with Crippen LogP contribution in [0.3, 0.4) is 0 Å². The lowest BCUT2D eigenvalue weighted by molar-refractivity contribution is -0.835. The molecule has 158 valence electrons. The molecule has 30 heavy (non-hydrogen) atoms. The zero-order valence-electron chi connectivity index (χ0n) is 17.0. The summed E-state index contributed by atoms with van der Waals surface area (Å²) in [5, 5.41) is 17.4. The summed E-state index contributed by atoms with van der Waals surface area (Å²) in [7, 11) is 1.70. The number of halogens is 2. The van der Waals surface area contributed by atoms with Crippen molar-refractivity contribution in [1.29, 1.82) is 10.8 Å². The van der Waals surface area contributed by atoms with E-state index in [0.29, 0.717) is 29.0 Å². The molecule has 0 amide bonds. The topological polar surface area (TPSA) is 60.2 Å². The summed E-state index contributed by atoms with van der Waals surface area (Å²) < 4.78 is 6.08. The fourth-order valence-electron chi connectivity index (χ4n) is 4.10. The largest absolute Gasteiger partial charge is 0.495 e. The number of benzene rings is 2. The maximum Gasteiger partial charge on any atom is 0.229 e. The van der Waals surface area contributed by atoms with Gasteiger partial charge in [-0.1, -0.05) is 36.3 Å². The molecule has 7 heteroatoms. The standard InChI is InChI=1S/C23H25N4O.2ClH/c1-28-22-12-5-4-11-21(22)26-13-16-27(17-14-26)15-7-6-10-20(24)18-8-2-3-9-19(18)23(27)25;;/h2-5,8-9,11-12,24-25H,10,13-17H2,1H3;2*1H/q+1;;. The average Bonchev–Trinajstić information content (AvgIpc) is 2.80. The van der Waals surface area contributed by atoms with Crippen molar-refractivity contribution < 1.29 is 9.22 Å². The minimum Gasteiger partial charge on any atom is -0.495 e. The molecule has 0 radical (unpaired) electrons. The van der Waals surface area contributed by atoms with Crippen LogP contribution in [0.5, 0.6) is 5.75 Å². The van der Waals surface area contributed by atoms with Crippen LogP contribution in [0.15, 0.2) is 48.5 Å². The zero-order valence-corrected chi connectivity index (χ0v) is 18.6. The van der Waals surface area contributed by atoms with E-state index in [1.807, 2.05) is 42.5 Å². The fourth-order valence-corrected chi connectivity index (χ4v) is 4.10. The van der Waals surface area contributed by atoms with Gasteiger partial charge in [-0.25, -0.2) is 0 Å². The van der Waals surface area contributed by atoms with E-state index in [0.717, 1.165) is 48.7 Å². The van der Waals surface area contributed by atoms with Gasteiger partial charge in [-0.3, -0.25) is 9.89 Å². The van der Waals surface area contributed by atoms with E-state index >= 15 is 0 Å². The number of fused-ring (bicyclic) bond motifs is 1. The van der Waals surface area contributed by atoms with Crippen molar-refractivity contribution in [3.8, 4) is 17.6 Å². The van der Waals surface area contributed by atoms with Gasteiger partial charge in [0.2, 0.25) is 5.84 Å². The molecule has 0 aromatic heterocycles. The van der Waals surface area contributed by atoms with Gasteiger partial charge in [0.05, 0.1) is 43.6 Å². The SMILES string of the molecule is COc1ccccc1N1CC[N+]2(CC#CCC(=N)c3ccccc3C2=N)CC1.Cl.Cl. The van der Waals surface area contributed by atoms with Crippen molar-refractivity contribution in [3.63, 3.8) is 0 Å². The van der Waals surface area contributed by atoms with Gasteiger partial charge in [-0.05, 0) is 24.1 Å². The Balaban J connectivity index is 0.00000160. The highest BCUT2D eigenvalue weighted by atomic mass is 35.5. The second-order valence-corrected chi connectivity index (χ2v) is 7.31. The number of methoxy groups -OCH3 is 1. The number of hydrogen-bond acceptors (Lipinski definition) is 4. The van der Waals surface area contributed by atoms with E-state index in [1.165, 1.54) is 0 Å². The van der Waals surface area contributed by atoms with Crippen molar-refractivity contribution in [2.24, 2.45) is 0 Å². The molecule has 2 aliphatic rings. The number of rotatable bonds is 2. The molecule has 0 bridgehead atoms. The normalized spacial score (nSPS) is 17.2. The van der Waals surface area contributed by atoms with Crippen molar-refractivity contribution in [2.75, 3.05) is 44.7 Å². The van der Waals surface area contributed by atoms with Gasteiger partial charge in [-0.2, -0.15) is 0 Å². The van der Waals surface area contributed by atoms with Gasteiger partial charge >= 0.3 is 0 Å². The predicted molar refractivity (Wildman–Crippen MR) is 127 cm³/mol. The van der Waals surface area contributed by atoms with Crippen LogP contribution >= 0.6 is 24.8 Å². The Hall–Kier alpha value is -2.52. The number of piperazine rings is 1. The molecule has 2 aliphatic heterocycles. The molecule has 0 saturated carbocycles. The third kappa shape index (κ3) is 4.32. The van der Waals surface area contributed by atoms with E-state index in [-0.39, 0.29) is 24.8 Å². The first kappa shape index (κ1) is 23.8. The number of nitrogens with one attached hydrogen (secondary N) is 2. The fraction of sp³-hybridized carbons (Fsp3) is 0.304. The van der Waals surface area contributed by atoms with Crippen LogP contribution in [0.2, 0.25) is 0 Å². The maximum atomic E-state index is 9.05. The minimum atomic E-state index is 0. The monoisotopic (exact) mass is 445 g/mol. The Kier molecular flexibility index (Phi) is 7.91. The number of nitrogens with zero attached hydrogens (tertiary/aromatic N) is 2. The van der Waals surface area contributed by atoms with Gasteiger partial charge < -0.3 is 15.0 Å². The highest BCUT2D eigenvalue weighted by molar-refractivity contribution is 6.09. The molecule has 2 aromatic rings. The maximum absolute atomic E-state index is 9.05. The molecular formula is C23H27Cl2N4O+. The molecule has 4 rings (SSSR count). The van der Waals surface area contributed by atoms with Crippen molar-refractivity contribution in [2.45, 2.75) is 6.42 Å². The summed E-state index contributed by atoms with van der Waals surface area (Å²) >= 11 is 0. The Morgan fingerprint density at radius 1 is 0.900 bits per heavy atom. The van der Waals surface area contributed by atoms with Crippen LogP contribution in [0.25, 0.3) is 0 Å². The highest BCUT2D eigenvalue weighted by Crippen LogP contribution is 2.30. The molecule has 0 atom stereocenters. The van der Waals surface area contributed by atoms with Crippen molar-refractivity contribution >= 4 is 42.0 Å². The summed E-state index contributed by atoms with van der Waals surface area (Å²) in [6.07, 6.45) is 0.442. The minimum absolute atomic E-state index is 0. The molecule has 2 N–H and O–H groups in total. The number of hydrogen-bond donors (Lipinski definition) is 2. The number of ether oxygens (including phenoxy) is 1. The Labute approximate surface area is 190 Å². The lowest BCUT2D eigenvalue weighted by Gasteiger charge is -2.44. The third-order valence-electron chi connectivity index (χ3n) is 5.78. The van der Waals surface area contributed by atoms with Crippen LogP contribution in [-0.4, -0.2) is 55.9 Å². The van der Waals surface area contributed by atoms with E-state index in [1.54, 1.807) is 7.11 Å². The molecule has 0 aliphatic carbocycles. The summed E-state index contributed by atoms with van der Waals surface area (Å²) in [5.74, 6) is 7.87. The smallest absolute Gasteiger partial charge is 0.229 e. The van der Waals surface area contributed by atoms with Gasteiger partial charge in [-0.15, -0.1) is 24.8 Å². The van der Waals surface area contributed by atoms with Gasteiger partial charge in [0.1, 0.15) is 25.4 Å².